The number of hydrogen-bond donors (Lipinski definition) is 1. The Hall–Kier alpha value is -1.36. The maximum absolute atomic E-state index is 11.2. The molecule has 0 heterocycles. The molecule has 1 aromatic carbocycles. The lowest BCUT2D eigenvalue weighted by Gasteiger charge is -2.01. The Morgan fingerprint density at radius 1 is 1.31 bits per heavy atom. The first-order valence-corrected chi connectivity index (χ1v) is 5.28. The summed E-state index contributed by atoms with van der Waals surface area (Å²) >= 11 is 0. The highest BCUT2D eigenvalue weighted by molar-refractivity contribution is 7.88. The fourth-order valence-electron chi connectivity index (χ4n) is 0.924. The van der Waals surface area contributed by atoms with Gasteiger partial charge in [-0.25, -0.2) is 13.2 Å². The summed E-state index contributed by atoms with van der Waals surface area (Å²) in [5.41, 5.74) is 0.721. The second kappa shape index (κ2) is 4.04. The lowest BCUT2D eigenvalue weighted by molar-refractivity contribution is 0.584. The van der Waals surface area contributed by atoms with Gasteiger partial charge in [0.15, 0.2) is 0 Å². The molecule has 4 nitrogen and oxygen atoms in total. The molecule has 0 amide bonds. The molecule has 13 heavy (non-hydrogen) atoms. The smallest absolute Gasteiger partial charge is 0.205 e. The molecule has 0 saturated carbocycles. The molecule has 0 saturated heterocycles. The van der Waals surface area contributed by atoms with Crippen molar-refractivity contribution in [3.63, 3.8) is 0 Å². The molecule has 0 spiro atoms. The third-order valence-corrected chi connectivity index (χ3v) is 2.52. The van der Waals surface area contributed by atoms with E-state index < -0.39 is 10.0 Å². The Bertz CT molecular complexity index is 372. The highest BCUT2D eigenvalue weighted by Crippen LogP contribution is 2.03. The van der Waals surface area contributed by atoms with E-state index in [9.17, 15) is 8.42 Å². The largest absolute Gasteiger partial charge is 0.251 e. The Kier molecular flexibility index (Phi) is 3.02. The summed E-state index contributed by atoms with van der Waals surface area (Å²) in [7, 11) is -3.36. The van der Waals surface area contributed by atoms with Crippen molar-refractivity contribution in [2.24, 2.45) is 5.10 Å². The quantitative estimate of drug-likeness (QED) is 0.572. The first-order chi connectivity index (χ1) is 6.14. The molecule has 5 heteroatoms. The van der Waals surface area contributed by atoms with Crippen LogP contribution in [0.25, 0.3) is 0 Å². The van der Waals surface area contributed by atoms with Gasteiger partial charge in [0.1, 0.15) is 0 Å². The maximum Gasteiger partial charge on any atom is 0.251 e. The highest BCUT2D eigenvalue weighted by atomic mass is 32.2. The van der Waals surface area contributed by atoms with Crippen molar-refractivity contribution < 1.29 is 8.42 Å². The van der Waals surface area contributed by atoms with Crippen LogP contribution in [0, 0.1) is 0 Å². The van der Waals surface area contributed by atoms with Crippen LogP contribution in [-0.2, 0) is 15.8 Å². The van der Waals surface area contributed by atoms with Crippen molar-refractivity contribution in [3.8, 4) is 0 Å². The monoisotopic (exact) mass is 198 g/mol. The summed E-state index contributed by atoms with van der Waals surface area (Å²) in [6.07, 6.45) is 0. The first kappa shape index (κ1) is 9.73. The van der Waals surface area contributed by atoms with Gasteiger partial charge in [0.25, 0.3) is 10.0 Å². The van der Waals surface area contributed by atoms with Gasteiger partial charge in [-0.05, 0) is 5.56 Å². The lowest BCUT2D eigenvalue weighted by Crippen LogP contribution is -2.19. The van der Waals surface area contributed by atoms with E-state index in [0.717, 1.165) is 5.56 Å². The van der Waals surface area contributed by atoms with E-state index in [-0.39, 0.29) is 5.75 Å². The van der Waals surface area contributed by atoms with E-state index in [1.807, 2.05) is 10.9 Å². The van der Waals surface area contributed by atoms with Crippen LogP contribution in [0.5, 0.6) is 0 Å². The minimum atomic E-state index is -3.36. The molecule has 0 atom stereocenters. The molecule has 0 unspecified atom stereocenters. The predicted octanol–water partition coefficient (Wildman–Crippen LogP) is 0.722. The minimum absolute atomic E-state index is 0.0765. The predicted molar refractivity (Wildman–Crippen MR) is 51.8 cm³/mol. The highest BCUT2D eigenvalue weighted by Gasteiger charge is 2.08. The molecule has 0 aliphatic rings. The summed E-state index contributed by atoms with van der Waals surface area (Å²) in [4.78, 5) is 1.96. The Labute approximate surface area is 77.3 Å². The van der Waals surface area contributed by atoms with Crippen LogP contribution in [0.2, 0.25) is 0 Å². The zero-order chi connectivity index (χ0) is 9.73. The van der Waals surface area contributed by atoms with E-state index in [0.29, 0.717) is 0 Å². The zero-order valence-corrected chi connectivity index (χ0v) is 7.79. The second-order valence-electron chi connectivity index (χ2n) is 2.49. The van der Waals surface area contributed by atoms with Crippen molar-refractivity contribution in [1.29, 1.82) is 0 Å². The van der Waals surface area contributed by atoms with Crippen molar-refractivity contribution >= 4 is 16.7 Å². The minimum Gasteiger partial charge on any atom is -0.205 e. The van der Waals surface area contributed by atoms with Crippen molar-refractivity contribution in [3.05, 3.63) is 35.9 Å². The average Bonchev–Trinajstić information content (AvgIpc) is 2.04. The molecule has 1 N–H and O–H groups in total. The standard InChI is InChI=1S/C8H10N2O2S/c1-9-10-13(11,12)7-8-5-3-2-4-6-8/h2-6,10H,1,7H2. The Balaban J connectivity index is 2.75. The summed E-state index contributed by atoms with van der Waals surface area (Å²) in [5, 5.41) is 3.12. The number of benzene rings is 1. The number of nitrogens with one attached hydrogen (secondary N) is 1. The van der Waals surface area contributed by atoms with Crippen molar-refractivity contribution in [1.82, 2.24) is 4.83 Å². The van der Waals surface area contributed by atoms with E-state index in [1.54, 1.807) is 24.3 Å². The topological polar surface area (TPSA) is 58.5 Å². The number of hydrazone groups is 1. The van der Waals surface area contributed by atoms with Gasteiger partial charge in [0.2, 0.25) is 0 Å². The second-order valence-corrected chi connectivity index (χ2v) is 4.19. The molecule has 0 aliphatic heterocycles. The van der Waals surface area contributed by atoms with Crippen LogP contribution in [-0.4, -0.2) is 15.1 Å². The zero-order valence-electron chi connectivity index (χ0n) is 6.97. The van der Waals surface area contributed by atoms with Crippen LogP contribution >= 0.6 is 0 Å². The van der Waals surface area contributed by atoms with Gasteiger partial charge in [-0.1, -0.05) is 30.3 Å². The van der Waals surface area contributed by atoms with Crippen LogP contribution in [0.4, 0.5) is 0 Å². The first-order valence-electron chi connectivity index (χ1n) is 3.63. The third kappa shape index (κ3) is 3.25. The fourth-order valence-corrected chi connectivity index (χ4v) is 1.82. The normalized spacial score (nSPS) is 10.8. The SMILES string of the molecule is C=NNS(=O)(=O)Cc1ccccc1. The van der Waals surface area contributed by atoms with Crippen molar-refractivity contribution in [2.75, 3.05) is 0 Å². The number of rotatable bonds is 4. The third-order valence-electron chi connectivity index (χ3n) is 1.40. The van der Waals surface area contributed by atoms with Gasteiger partial charge in [-0.3, -0.25) is 0 Å². The molecule has 0 aromatic heterocycles. The molecule has 0 radical (unpaired) electrons. The molecule has 70 valence electrons. The van der Waals surface area contributed by atoms with Gasteiger partial charge in [-0.2, -0.15) is 5.10 Å². The Morgan fingerprint density at radius 2 is 1.92 bits per heavy atom. The van der Waals surface area contributed by atoms with Crippen molar-refractivity contribution in [2.45, 2.75) is 5.75 Å². The number of hydrogen-bond acceptors (Lipinski definition) is 3. The molecule has 1 aromatic rings. The lowest BCUT2D eigenvalue weighted by atomic mass is 10.2. The summed E-state index contributed by atoms with van der Waals surface area (Å²) in [6.45, 7) is 3.05. The fraction of sp³-hybridized carbons (Fsp3) is 0.125. The molecular formula is C8H10N2O2S. The number of sulfonamides is 1. The summed E-state index contributed by atoms with van der Waals surface area (Å²) in [6, 6.07) is 8.87. The van der Waals surface area contributed by atoms with E-state index in [4.69, 9.17) is 0 Å². The van der Waals surface area contributed by atoms with Crippen LogP contribution < -0.4 is 4.83 Å². The van der Waals surface area contributed by atoms with Gasteiger partial charge < -0.3 is 0 Å². The van der Waals surface area contributed by atoms with E-state index >= 15 is 0 Å². The number of nitrogens with zero attached hydrogens (tertiary/aromatic N) is 1. The van der Waals surface area contributed by atoms with Gasteiger partial charge in [-0.15, -0.1) is 0 Å². The van der Waals surface area contributed by atoms with Gasteiger partial charge >= 0.3 is 0 Å². The summed E-state index contributed by atoms with van der Waals surface area (Å²) in [5.74, 6) is -0.0765. The molecule has 0 bridgehead atoms. The average molecular weight is 198 g/mol. The Morgan fingerprint density at radius 3 is 2.46 bits per heavy atom. The maximum atomic E-state index is 11.2. The van der Waals surface area contributed by atoms with Crippen LogP contribution in [0.15, 0.2) is 35.4 Å². The molecule has 0 fully saturated rings. The molecule has 1 rings (SSSR count). The summed E-state index contributed by atoms with van der Waals surface area (Å²) < 4.78 is 22.3. The molecular weight excluding hydrogens is 188 g/mol. The van der Waals surface area contributed by atoms with E-state index in [1.165, 1.54) is 0 Å². The molecule has 0 aliphatic carbocycles. The van der Waals surface area contributed by atoms with Crippen LogP contribution in [0.1, 0.15) is 5.56 Å². The van der Waals surface area contributed by atoms with Gasteiger partial charge in [0.05, 0.1) is 5.75 Å². The van der Waals surface area contributed by atoms with Crippen LogP contribution in [0.3, 0.4) is 0 Å². The van der Waals surface area contributed by atoms with Gasteiger partial charge in [0, 0.05) is 6.72 Å². The van der Waals surface area contributed by atoms with E-state index in [2.05, 4.69) is 11.8 Å².